The van der Waals surface area contributed by atoms with Crippen LogP contribution in [0, 0.1) is 27.7 Å². The number of hydrogen-bond donors (Lipinski definition) is 0. The molecule has 0 aliphatic heterocycles. The van der Waals surface area contributed by atoms with Crippen LogP contribution in [0.2, 0.25) is 12.6 Å². The highest BCUT2D eigenvalue weighted by Gasteiger charge is 2.40. The third-order valence-corrected chi connectivity index (χ3v) is 15.2. The van der Waals surface area contributed by atoms with Gasteiger partial charge in [0.25, 0.3) is 0 Å². The maximum Gasteiger partial charge on any atom is 0.107 e. The van der Waals surface area contributed by atoms with Gasteiger partial charge in [0.2, 0.25) is 0 Å². The lowest BCUT2D eigenvalue weighted by atomic mass is 9.91. The smallest absolute Gasteiger partial charge is 0.0712 e. The second-order valence-electron chi connectivity index (χ2n) is 13.3. The van der Waals surface area contributed by atoms with Crippen LogP contribution in [-0.4, -0.2) is 8.07 Å². The van der Waals surface area contributed by atoms with E-state index < -0.39 is 8.07 Å². The first kappa shape index (κ1) is 28.6. The molecule has 0 heterocycles. The third kappa shape index (κ3) is 4.94. The quantitative estimate of drug-likeness (QED) is 0.166. The normalized spacial score (nSPS) is 13.8. The van der Waals surface area contributed by atoms with Gasteiger partial charge in [-0.2, -0.15) is 0 Å². The molecule has 5 aromatic rings. The third-order valence-electron chi connectivity index (χ3n) is 10.5. The van der Waals surface area contributed by atoms with Gasteiger partial charge in [-0.1, -0.05) is 132 Å². The summed E-state index contributed by atoms with van der Waals surface area (Å²) in [6.07, 6.45) is 8.53. The molecule has 7 rings (SSSR count). The first-order chi connectivity index (χ1) is 21.3. The molecule has 0 amide bonds. The molecule has 0 nitrogen and oxygen atoms in total. The molecule has 1 heteroatoms. The topological polar surface area (TPSA) is 0 Å². The van der Waals surface area contributed by atoms with Crippen LogP contribution in [0.5, 0.6) is 0 Å². The molecule has 0 saturated carbocycles. The number of hydrogen-bond acceptors (Lipinski definition) is 0. The van der Waals surface area contributed by atoms with Crippen molar-refractivity contribution in [3.05, 3.63) is 164 Å². The molecule has 218 valence electrons. The monoisotopic (exact) mass is 586 g/mol. The van der Waals surface area contributed by atoms with Gasteiger partial charge < -0.3 is 0 Å². The van der Waals surface area contributed by atoms with Crippen molar-refractivity contribution < 1.29 is 0 Å². The minimum atomic E-state index is -2.04. The lowest BCUT2D eigenvalue weighted by Gasteiger charge is -2.31. The van der Waals surface area contributed by atoms with Crippen LogP contribution in [0.1, 0.15) is 50.1 Å². The first-order valence-electron chi connectivity index (χ1n) is 16.2. The molecule has 2 aliphatic rings. The van der Waals surface area contributed by atoms with Crippen molar-refractivity contribution in [2.45, 2.75) is 59.5 Å². The summed E-state index contributed by atoms with van der Waals surface area (Å²) in [6.45, 7) is 11.7. The summed E-state index contributed by atoms with van der Waals surface area (Å²) >= 11 is 0. The Labute approximate surface area is 264 Å². The highest BCUT2D eigenvalue weighted by molar-refractivity contribution is 6.93. The second-order valence-corrected chi connectivity index (χ2v) is 17.7. The Morgan fingerprint density at radius 3 is 1.39 bits per heavy atom. The summed E-state index contributed by atoms with van der Waals surface area (Å²) in [4.78, 5) is 0. The van der Waals surface area contributed by atoms with Gasteiger partial charge in [-0.25, -0.2) is 0 Å². The molecule has 44 heavy (non-hydrogen) atoms. The number of fused-ring (bicyclic) bond motifs is 2. The first-order valence-corrected chi connectivity index (χ1v) is 18.9. The molecule has 0 N–H and O–H groups in total. The molecular weight excluding hydrogens is 545 g/mol. The maximum absolute atomic E-state index is 2.67. The van der Waals surface area contributed by atoms with Gasteiger partial charge >= 0.3 is 0 Å². The van der Waals surface area contributed by atoms with Crippen LogP contribution < -0.4 is 0 Å². The van der Waals surface area contributed by atoms with E-state index in [2.05, 4.69) is 150 Å². The van der Waals surface area contributed by atoms with Crippen molar-refractivity contribution in [1.82, 2.24) is 0 Å². The van der Waals surface area contributed by atoms with Gasteiger partial charge in [0, 0.05) is 0 Å². The number of allylic oxidation sites excluding steroid dienone is 2. The molecule has 0 unspecified atom stereocenters. The summed E-state index contributed by atoms with van der Waals surface area (Å²) in [5.74, 6) is 0. The highest BCUT2D eigenvalue weighted by Crippen LogP contribution is 2.46. The zero-order valence-electron chi connectivity index (χ0n) is 26.8. The molecule has 0 bridgehead atoms. The molecule has 0 atom stereocenters. The fourth-order valence-corrected chi connectivity index (χ4v) is 11.9. The zero-order chi connectivity index (χ0) is 30.4. The van der Waals surface area contributed by atoms with Gasteiger partial charge in [0.05, 0.1) is 0 Å². The molecule has 0 aromatic heterocycles. The van der Waals surface area contributed by atoms with Crippen LogP contribution in [0.4, 0.5) is 0 Å². The summed E-state index contributed by atoms with van der Waals surface area (Å²) < 4.78 is 0. The van der Waals surface area contributed by atoms with Crippen LogP contribution in [0.3, 0.4) is 0 Å². The van der Waals surface area contributed by atoms with Gasteiger partial charge in [-0.15, -0.1) is 0 Å². The minimum absolute atomic E-state index is 1.07. The standard InChI is InChI=1S/C43H42Si/c1-29-13-9-14-30(2)42(29)38-21-11-19-34-25-36(27-40(34)38)44(5,24-23-33-17-7-6-8-18-33)37-26-35-20-12-22-39(41(35)28-37)43-31(3)15-10-16-32(43)4/h6-22,27-28H,23-26H2,1-5H3. The Hall–Kier alpha value is -4.20. The zero-order valence-corrected chi connectivity index (χ0v) is 27.8. The average molecular weight is 587 g/mol. The van der Waals surface area contributed by atoms with Gasteiger partial charge in [0.15, 0.2) is 0 Å². The SMILES string of the molecule is Cc1cccc(C)c1-c1cccc2c1C=C([Si](C)(CCc1ccccc1)C1=Cc3c(cccc3-c3c(C)cccc3C)C1)C2. The van der Waals surface area contributed by atoms with Crippen LogP contribution in [-0.2, 0) is 19.3 Å². The molecule has 0 saturated heterocycles. The van der Waals surface area contributed by atoms with Gasteiger partial charge in [-0.05, 0) is 125 Å². The Kier molecular flexibility index (Phi) is 7.39. The van der Waals surface area contributed by atoms with Crippen molar-refractivity contribution in [1.29, 1.82) is 0 Å². The lowest BCUT2D eigenvalue weighted by Crippen LogP contribution is -2.37. The second kappa shape index (κ2) is 11.4. The van der Waals surface area contributed by atoms with Crippen molar-refractivity contribution in [2.75, 3.05) is 0 Å². The highest BCUT2D eigenvalue weighted by atomic mass is 28.3. The van der Waals surface area contributed by atoms with Crippen LogP contribution >= 0.6 is 0 Å². The van der Waals surface area contributed by atoms with E-state index in [4.69, 9.17) is 0 Å². The van der Waals surface area contributed by atoms with Crippen molar-refractivity contribution >= 4 is 20.2 Å². The van der Waals surface area contributed by atoms with Gasteiger partial charge in [-0.3, -0.25) is 0 Å². The van der Waals surface area contributed by atoms with E-state index >= 15 is 0 Å². The average Bonchev–Trinajstić information content (AvgIpc) is 3.67. The Morgan fingerprint density at radius 1 is 0.500 bits per heavy atom. The Bertz CT molecular complexity index is 1790. The predicted molar refractivity (Wildman–Crippen MR) is 193 cm³/mol. The minimum Gasteiger partial charge on any atom is -0.0712 e. The number of aryl methyl sites for hydroxylation is 5. The van der Waals surface area contributed by atoms with E-state index in [1.54, 1.807) is 10.4 Å². The summed E-state index contributed by atoms with van der Waals surface area (Å²) in [5.41, 5.74) is 18.4. The number of rotatable bonds is 7. The van der Waals surface area contributed by atoms with Crippen LogP contribution in [0.15, 0.2) is 114 Å². The maximum atomic E-state index is 2.67. The van der Waals surface area contributed by atoms with Crippen molar-refractivity contribution in [3.63, 3.8) is 0 Å². The fourth-order valence-electron chi connectivity index (χ4n) is 7.93. The largest absolute Gasteiger partial charge is 0.107 e. The fraction of sp³-hybridized carbons (Fsp3) is 0.209. The Balaban J connectivity index is 1.35. The van der Waals surface area contributed by atoms with E-state index in [0.29, 0.717) is 0 Å². The molecule has 5 aromatic carbocycles. The van der Waals surface area contributed by atoms with E-state index in [0.717, 1.165) is 19.3 Å². The molecular formula is C43H42Si. The van der Waals surface area contributed by atoms with E-state index in [1.807, 2.05) is 0 Å². The van der Waals surface area contributed by atoms with Crippen molar-refractivity contribution in [2.24, 2.45) is 0 Å². The summed E-state index contributed by atoms with van der Waals surface area (Å²) in [5, 5.41) is 3.38. The van der Waals surface area contributed by atoms with Crippen LogP contribution in [0.25, 0.3) is 34.4 Å². The van der Waals surface area contributed by atoms with E-state index in [9.17, 15) is 0 Å². The van der Waals surface area contributed by atoms with E-state index in [1.165, 1.54) is 78.4 Å². The molecule has 0 fully saturated rings. The summed E-state index contributed by atoms with van der Waals surface area (Å²) in [6, 6.07) is 39.8. The molecule has 0 radical (unpaired) electrons. The molecule has 2 aliphatic carbocycles. The molecule has 0 spiro atoms. The lowest BCUT2D eigenvalue weighted by molar-refractivity contribution is 1.07. The van der Waals surface area contributed by atoms with E-state index in [-0.39, 0.29) is 0 Å². The number of benzene rings is 5. The predicted octanol–water partition coefficient (Wildman–Crippen LogP) is 11.2. The van der Waals surface area contributed by atoms with Gasteiger partial charge in [0.1, 0.15) is 8.07 Å². The summed E-state index contributed by atoms with van der Waals surface area (Å²) in [7, 11) is -2.04. The Morgan fingerprint density at radius 2 is 0.932 bits per heavy atom. The van der Waals surface area contributed by atoms with Crippen molar-refractivity contribution in [3.8, 4) is 22.3 Å².